The normalized spacial score (nSPS) is 19.9. The van der Waals surface area contributed by atoms with E-state index in [1.165, 1.54) is 11.3 Å². The van der Waals surface area contributed by atoms with Gasteiger partial charge in [-0.1, -0.05) is 12.1 Å². The van der Waals surface area contributed by atoms with Crippen molar-refractivity contribution in [2.24, 2.45) is 0 Å². The van der Waals surface area contributed by atoms with Gasteiger partial charge in [0, 0.05) is 30.7 Å². The van der Waals surface area contributed by atoms with Gasteiger partial charge in [0.15, 0.2) is 5.13 Å². The molecule has 6 nitrogen and oxygen atoms in total. The zero-order valence-electron chi connectivity index (χ0n) is 14.7. The van der Waals surface area contributed by atoms with Crippen LogP contribution in [0.15, 0.2) is 29.6 Å². The van der Waals surface area contributed by atoms with Gasteiger partial charge in [0.05, 0.1) is 23.5 Å². The zero-order valence-corrected chi connectivity index (χ0v) is 17.1. The molecule has 0 aliphatic carbocycles. The van der Waals surface area contributed by atoms with Crippen LogP contribution in [-0.4, -0.2) is 41.1 Å². The molecule has 1 amide bonds. The highest BCUT2D eigenvalue weighted by atomic mass is 35.5. The number of carbonyl (C=O) groups excluding carboxylic acids is 1. The third kappa shape index (κ3) is 5.82. The number of nitrogens with one attached hydrogen (secondary N) is 1. The van der Waals surface area contributed by atoms with Crippen molar-refractivity contribution in [2.75, 3.05) is 24.1 Å². The first-order valence-corrected chi connectivity index (χ1v) is 8.87. The predicted molar refractivity (Wildman–Crippen MR) is 111 cm³/mol. The van der Waals surface area contributed by atoms with Crippen LogP contribution in [0.4, 0.5) is 10.8 Å². The molecule has 2 unspecified atom stereocenters. The van der Waals surface area contributed by atoms with E-state index >= 15 is 0 Å². The van der Waals surface area contributed by atoms with Gasteiger partial charge >= 0.3 is 0 Å². The smallest absolute Gasteiger partial charge is 0.259 e. The summed E-state index contributed by atoms with van der Waals surface area (Å²) in [5.41, 5.74) is 7.71. The average Bonchev–Trinajstić information content (AvgIpc) is 2.93. The summed E-state index contributed by atoms with van der Waals surface area (Å²) >= 11 is 1.43. The Labute approximate surface area is 169 Å². The first-order valence-electron chi connectivity index (χ1n) is 7.99. The van der Waals surface area contributed by atoms with Crippen LogP contribution in [0.25, 0.3) is 0 Å². The van der Waals surface area contributed by atoms with E-state index in [9.17, 15) is 4.79 Å². The van der Waals surface area contributed by atoms with Gasteiger partial charge in [-0.05, 0) is 26.0 Å². The van der Waals surface area contributed by atoms with Crippen LogP contribution in [0.5, 0.6) is 0 Å². The van der Waals surface area contributed by atoms with Crippen LogP contribution in [0, 0.1) is 0 Å². The quantitative estimate of drug-likeness (QED) is 0.743. The number of halogens is 2. The Morgan fingerprint density at radius 2 is 1.96 bits per heavy atom. The summed E-state index contributed by atoms with van der Waals surface area (Å²) in [6.07, 6.45) is 0.459. The van der Waals surface area contributed by atoms with Gasteiger partial charge < -0.3 is 10.5 Å². The Balaban J connectivity index is 0.00000169. The number of hydrogen-bond acceptors (Lipinski definition) is 6. The number of anilines is 2. The third-order valence-electron chi connectivity index (χ3n) is 3.86. The molecule has 0 spiro atoms. The van der Waals surface area contributed by atoms with Gasteiger partial charge in [0.2, 0.25) is 0 Å². The van der Waals surface area contributed by atoms with Gasteiger partial charge in [-0.15, -0.1) is 36.2 Å². The van der Waals surface area contributed by atoms with Gasteiger partial charge in [0.1, 0.15) is 0 Å². The van der Waals surface area contributed by atoms with E-state index in [-0.39, 0.29) is 42.9 Å². The van der Waals surface area contributed by atoms with E-state index in [0.29, 0.717) is 16.4 Å². The second-order valence-electron chi connectivity index (χ2n) is 6.14. The molecule has 3 rings (SSSR count). The van der Waals surface area contributed by atoms with Crippen molar-refractivity contribution in [2.45, 2.75) is 32.6 Å². The first-order chi connectivity index (χ1) is 11.5. The Morgan fingerprint density at radius 3 is 2.62 bits per heavy atom. The molecule has 2 atom stereocenters. The maximum Gasteiger partial charge on any atom is 0.259 e. The molecule has 9 heteroatoms. The van der Waals surface area contributed by atoms with Crippen molar-refractivity contribution in [3.05, 3.63) is 40.9 Å². The number of amides is 1. The van der Waals surface area contributed by atoms with Crippen molar-refractivity contribution in [1.29, 1.82) is 0 Å². The van der Waals surface area contributed by atoms with Crippen LogP contribution in [0.2, 0.25) is 0 Å². The van der Waals surface area contributed by atoms with E-state index in [1.807, 2.05) is 5.38 Å². The van der Waals surface area contributed by atoms with Crippen LogP contribution >= 0.6 is 36.2 Å². The van der Waals surface area contributed by atoms with Gasteiger partial charge in [-0.25, -0.2) is 4.98 Å². The second kappa shape index (κ2) is 10.1. The van der Waals surface area contributed by atoms with Crippen molar-refractivity contribution < 1.29 is 9.53 Å². The highest BCUT2D eigenvalue weighted by molar-refractivity contribution is 7.14. The lowest BCUT2D eigenvalue weighted by Crippen LogP contribution is -2.44. The van der Waals surface area contributed by atoms with Gasteiger partial charge in [0.25, 0.3) is 5.91 Å². The van der Waals surface area contributed by atoms with Gasteiger partial charge in [-0.3, -0.25) is 15.0 Å². The number of benzene rings is 1. The number of nitrogens with two attached hydrogens (primary N) is 1. The number of ether oxygens (including phenoxy) is 1. The molecule has 0 saturated carbocycles. The lowest BCUT2D eigenvalue weighted by atomic mass is 10.2. The molecular weight excluding hydrogens is 395 g/mol. The zero-order chi connectivity index (χ0) is 17.1. The largest absolute Gasteiger partial charge is 0.398 e. The number of carbonyl (C=O) groups is 1. The minimum absolute atomic E-state index is 0. The van der Waals surface area contributed by atoms with Crippen LogP contribution in [-0.2, 0) is 11.3 Å². The molecule has 144 valence electrons. The molecule has 26 heavy (non-hydrogen) atoms. The Bertz CT molecular complexity index is 718. The van der Waals surface area contributed by atoms with E-state index in [0.717, 1.165) is 25.3 Å². The molecule has 0 radical (unpaired) electrons. The maximum absolute atomic E-state index is 12.3. The minimum atomic E-state index is -0.234. The fourth-order valence-electron chi connectivity index (χ4n) is 2.95. The third-order valence-corrected chi connectivity index (χ3v) is 4.66. The second-order valence-corrected chi connectivity index (χ2v) is 6.99. The highest BCUT2D eigenvalue weighted by Gasteiger charge is 2.22. The SMILES string of the molecule is CC1CN(Cc2csc(NC(=O)c3ccccc3N)n2)CC(C)O1.Cl.Cl. The Morgan fingerprint density at radius 1 is 1.31 bits per heavy atom. The monoisotopic (exact) mass is 418 g/mol. The molecule has 1 fully saturated rings. The summed E-state index contributed by atoms with van der Waals surface area (Å²) in [6.45, 7) is 6.71. The first kappa shape index (κ1) is 22.7. The maximum atomic E-state index is 12.3. The van der Waals surface area contributed by atoms with E-state index < -0.39 is 0 Å². The van der Waals surface area contributed by atoms with Crippen molar-refractivity contribution in [3.8, 4) is 0 Å². The Kier molecular flexibility index (Phi) is 8.79. The molecule has 1 aliphatic heterocycles. The summed E-state index contributed by atoms with van der Waals surface area (Å²) in [6, 6.07) is 7.01. The van der Waals surface area contributed by atoms with E-state index in [2.05, 4.69) is 29.0 Å². The van der Waals surface area contributed by atoms with E-state index in [1.54, 1.807) is 24.3 Å². The minimum Gasteiger partial charge on any atom is -0.398 e. The molecular formula is C17H24Cl2N4O2S. The number of aromatic nitrogens is 1. The standard InChI is InChI=1S/C17H22N4O2S.2ClH/c1-11-7-21(8-12(2)23-11)9-13-10-24-17(19-13)20-16(22)14-5-3-4-6-15(14)18;;/h3-6,10-12H,7-9,18H2,1-2H3,(H,19,20,22);2*1H. The number of para-hydroxylation sites is 1. The van der Waals surface area contributed by atoms with Crippen molar-refractivity contribution in [3.63, 3.8) is 0 Å². The topological polar surface area (TPSA) is 80.5 Å². The summed E-state index contributed by atoms with van der Waals surface area (Å²) in [7, 11) is 0. The summed E-state index contributed by atoms with van der Waals surface area (Å²) in [4.78, 5) is 19.1. The lowest BCUT2D eigenvalue weighted by molar-refractivity contribution is -0.0707. The van der Waals surface area contributed by atoms with Crippen LogP contribution in [0.1, 0.15) is 29.9 Å². The highest BCUT2D eigenvalue weighted by Crippen LogP contribution is 2.21. The molecule has 2 aromatic rings. The van der Waals surface area contributed by atoms with Crippen molar-refractivity contribution >= 4 is 52.9 Å². The van der Waals surface area contributed by atoms with Crippen molar-refractivity contribution in [1.82, 2.24) is 9.88 Å². The predicted octanol–water partition coefficient (Wildman–Crippen LogP) is 3.43. The molecule has 2 heterocycles. The van der Waals surface area contributed by atoms with Gasteiger partial charge in [-0.2, -0.15) is 0 Å². The molecule has 0 bridgehead atoms. The average molecular weight is 419 g/mol. The number of hydrogen-bond donors (Lipinski definition) is 2. The summed E-state index contributed by atoms with van der Waals surface area (Å²) in [5.74, 6) is -0.234. The van der Waals surface area contributed by atoms with E-state index in [4.69, 9.17) is 10.5 Å². The van der Waals surface area contributed by atoms with Crippen LogP contribution in [0.3, 0.4) is 0 Å². The molecule has 1 aliphatic rings. The Hall–Kier alpha value is -1.38. The number of thiazole rings is 1. The number of nitrogen functional groups attached to an aromatic ring is 1. The molecule has 1 aromatic heterocycles. The van der Waals surface area contributed by atoms with Crippen LogP contribution < -0.4 is 11.1 Å². The lowest BCUT2D eigenvalue weighted by Gasteiger charge is -2.34. The molecule has 1 saturated heterocycles. The molecule has 3 N–H and O–H groups in total. The summed E-state index contributed by atoms with van der Waals surface area (Å²) in [5, 5.41) is 5.39. The fraction of sp³-hybridized carbons (Fsp3) is 0.412. The number of rotatable bonds is 4. The number of nitrogens with zero attached hydrogens (tertiary/aromatic N) is 2. The fourth-order valence-corrected chi connectivity index (χ4v) is 3.64. The number of morpholine rings is 1. The molecule has 1 aromatic carbocycles. The summed E-state index contributed by atoms with van der Waals surface area (Å²) < 4.78 is 5.74.